The number of nitriles is 1. The molecule has 0 N–H and O–H groups in total. The lowest BCUT2D eigenvalue weighted by molar-refractivity contribution is 0.274. The molecular weight excluding hydrogens is 148 g/mol. The molecule has 0 spiro atoms. The van der Waals surface area contributed by atoms with Crippen LogP contribution < -0.4 is 0 Å². The molecule has 1 aliphatic carbocycles. The Morgan fingerprint density at radius 2 is 2.25 bits per heavy atom. The van der Waals surface area contributed by atoms with Crippen LogP contribution in [-0.4, -0.2) is 24.5 Å². The van der Waals surface area contributed by atoms with Crippen LogP contribution in [0.3, 0.4) is 0 Å². The van der Waals surface area contributed by atoms with Gasteiger partial charge in [0, 0.05) is 13.0 Å². The molecule has 68 valence electrons. The van der Waals surface area contributed by atoms with Gasteiger partial charge in [-0.15, -0.1) is 0 Å². The lowest BCUT2D eigenvalue weighted by atomic mass is 10.3. The highest BCUT2D eigenvalue weighted by Gasteiger charge is 2.23. The first-order valence-electron chi connectivity index (χ1n) is 4.96. The first-order chi connectivity index (χ1) is 5.86. The second-order valence-electron chi connectivity index (χ2n) is 3.60. The van der Waals surface area contributed by atoms with Gasteiger partial charge in [-0.3, -0.25) is 0 Å². The zero-order chi connectivity index (χ0) is 8.81. The Morgan fingerprint density at radius 1 is 1.50 bits per heavy atom. The van der Waals surface area contributed by atoms with E-state index in [0.29, 0.717) is 6.42 Å². The number of hydrogen-bond acceptors (Lipinski definition) is 2. The van der Waals surface area contributed by atoms with Crippen LogP contribution in [0.25, 0.3) is 0 Å². The van der Waals surface area contributed by atoms with Crippen LogP contribution in [0, 0.1) is 17.2 Å². The highest BCUT2D eigenvalue weighted by atomic mass is 15.1. The number of nitrogens with zero attached hydrogens (tertiary/aromatic N) is 2. The summed E-state index contributed by atoms with van der Waals surface area (Å²) in [4.78, 5) is 2.47. The maximum absolute atomic E-state index is 8.38. The molecule has 0 bridgehead atoms. The Bertz CT molecular complexity index is 156. The van der Waals surface area contributed by atoms with Gasteiger partial charge in [0.05, 0.1) is 6.07 Å². The van der Waals surface area contributed by atoms with E-state index in [9.17, 15) is 0 Å². The minimum absolute atomic E-state index is 0.709. The third-order valence-corrected chi connectivity index (χ3v) is 2.42. The normalized spacial score (nSPS) is 16.4. The molecule has 0 aromatic heterocycles. The Balaban J connectivity index is 2.03. The van der Waals surface area contributed by atoms with Gasteiger partial charge in [0.1, 0.15) is 0 Å². The highest BCUT2D eigenvalue weighted by molar-refractivity contribution is 4.77. The smallest absolute Gasteiger partial charge is 0.0622 e. The molecule has 0 unspecified atom stereocenters. The van der Waals surface area contributed by atoms with Crippen molar-refractivity contribution in [1.29, 1.82) is 5.26 Å². The summed E-state index contributed by atoms with van der Waals surface area (Å²) < 4.78 is 0. The van der Waals surface area contributed by atoms with Gasteiger partial charge >= 0.3 is 0 Å². The van der Waals surface area contributed by atoms with E-state index in [0.717, 1.165) is 25.4 Å². The van der Waals surface area contributed by atoms with E-state index in [1.807, 2.05) is 0 Å². The topological polar surface area (TPSA) is 27.0 Å². The van der Waals surface area contributed by atoms with Gasteiger partial charge < -0.3 is 4.90 Å². The third-order valence-electron chi connectivity index (χ3n) is 2.42. The van der Waals surface area contributed by atoms with Crippen molar-refractivity contribution in [3.05, 3.63) is 0 Å². The summed E-state index contributed by atoms with van der Waals surface area (Å²) in [5, 5.41) is 8.38. The van der Waals surface area contributed by atoms with Crippen molar-refractivity contribution in [3.63, 3.8) is 0 Å². The standard InChI is InChI=1S/C10H18N2/c1-2-12(8-4-3-7-11)9-10-5-6-10/h10H,2-6,8-9H2,1H3. The van der Waals surface area contributed by atoms with Crippen LogP contribution in [0.4, 0.5) is 0 Å². The van der Waals surface area contributed by atoms with E-state index in [4.69, 9.17) is 5.26 Å². The van der Waals surface area contributed by atoms with Crippen LogP contribution in [0.1, 0.15) is 32.6 Å². The molecule has 0 aromatic carbocycles. The maximum atomic E-state index is 8.38. The molecule has 0 atom stereocenters. The van der Waals surface area contributed by atoms with Gasteiger partial charge in [0.2, 0.25) is 0 Å². The minimum Gasteiger partial charge on any atom is -0.303 e. The summed E-state index contributed by atoms with van der Waals surface area (Å²) in [5.74, 6) is 0.979. The molecule has 1 fully saturated rings. The van der Waals surface area contributed by atoms with Crippen molar-refractivity contribution in [3.8, 4) is 6.07 Å². The van der Waals surface area contributed by atoms with Crippen molar-refractivity contribution in [1.82, 2.24) is 4.90 Å². The molecule has 12 heavy (non-hydrogen) atoms. The Kier molecular flexibility index (Phi) is 4.10. The minimum atomic E-state index is 0.709. The molecule has 0 saturated heterocycles. The predicted octanol–water partition coefficient (Wildman–Crippen LogP) is 2.02. The van der Waals surface area contributed by atoms with Crippen LogP contribution in [-0.2, 0) is 0 Å². The molecule has 0 aliphatic heterocycles. The van der Waals surface area contributed by atoms with Gasteiger partial charge in [-0.25, -0.2) is 0 Å². The average molecular weight is 166 g/mol. The Hall–Kier alpha value is -0.550. The maximum Gasteiger partial charge on any atom is 0.0622 e. The average Bonchev–Trinajstić information content (AvgIpc) is 2.87. The molecule has 0 radical (unpaired) electrons. The fourth-order valence-corrected chi connectivity index (χ4v) is 1.43. The predicted molar refractivity (Wildman–Crippen MR) is 49.7 cm³/mol. The second kappa shape index (κ2) is 5.16. The van der Waals surface area contributed by atoms with Crippen LogP contribution in [0.15, 0.2) is 0 Å². The molecule has 1 aliphatic rings. The number of rotatable bonds is 6. The van der Waals surface area contributed by atoms with Crippen molar-refractivity contribution < 1.29 is 0 Å². The first-order valence-corrected chi connectivity index (χ1v) is 4.96. The van der Waals surface area contributed by atoms with E-state index in [1.54, 1.807) is 0 Å². The molecule has 0 aromatic rings. The van der Waals surface area contributed by atoms with Gasteiger partial charge in [-0.05, 0) is 38.3 Å². The summed E-state index contributed by atoms with van der Waals surface area (Å²) in [7, 11) is 0. The summed E-state index contributed by atoms with van der Waals surface area (Å²) in [5.41, 5.74) is 0. The van der Waals surface area contributed by atoms with Crippen LogP contribution in [0.5, 0.6) is 0 Å². The monoisotopic (exact) mass is 166 g/mol. The van der Waals surface area contributed by atoms with Crippen molar-refractivity contribution in [2.45, 2.75) is 32.6 Å². The Morgan fingerprint density at radius 3 is 2.75 bits per heavy atom. The van der Waals surface area contributed by atoms with Crippen molar-refractivity contribution >= 4 is 0 Å². The fraction of sp³-hybridized carbons (Fsp3) is 0.900. The summed E-state index contributed by atoms with van der Waals surface area (Å²) >= 11 is 0. The number of unbranched alkanes of at least 4 members (excludes halogenated alkanes) is 1. The van der Waals surface area contributed by atoms with E-state index in [2.05, 4.69) is 17.9 Å². The third kappa shape index (κ3) is 3.73. The molecule has 1 saturated carbocycles. The molecule has 0 amide bonds. The van der Waals surface area contributed by atoms with Crippen LogP contribution in [0.2, 0.25) is 0 Å². The summed E-state index contributed by atoms with van der Waals surface area (Å²) in [6, 6.07) is 2.19. The Labute approximate surface area is 75.2 Å². The first kappa shape index (κ1) is 9.54. The van der Waals surface area contributed by atoms with E-state index in [1.165, 1.54) is 19.4 Å². The van der Waals surface area contributed by atoms with E-state index >= 15 is 0 Å². The summed E-state index contributed by atoms with van der Waals surface area (Å²) in [6.07, 6.45) is 4.60. The van der Waals surface area contributed by atoms with Crippen molar-refractivity contribution in [2.75, 3.05) is 19.6 Å². The molecular formula is C10H18N2. The van der Waals surface area contributed by atoms with E-state index < -0.39 is 0 Å². The SMILES string of the molecule is CCN(CCCC#N)CC1CC1. The van der Waals surface area contributed by atoms with Gasteiger partial charge in [-0.1, -0.05) is 6.92 Å². The van der Waals surface area contributed by atoms with Gasteiger partial charge in [0.15, 0.2) is 0 Å². The zero-order valence-electron chi connectivity index (χ0n) is 7.92. The number of hydrogen-bond donors (Lipinski definition) is 0. The van der Waals surface area contributed by atoms with Gasteiger partial charge in [0.25, 0.3) is 0 Å². The summed E-state index contributed by atoms with van der Waals surface area (Å²) in [6.45, 7) is 5.72. The molecule has 0 heterocycles. The fourth-order valence-electron chi connectivity index (χ4n) is 1.43. The molecule has 2 nitrogen and oxygen atoms in total. The largest absolute Gasteiger partial charge is 0.303 e. The van der Waals surface area contributed by atoms with Gasteiger partial charge in [-0.2, -0.15) is 5.26 Å². The highest BCUT2D eigenvalue weighted by Crippen LogP contribution is 2.29. The van der Waals surface area contributed by atoms with E-state index in [-0.39, 0.29) is 0 Å². The lowest BCUT2D eigenvalue weighted by Crippen LogP contribution is -2.26. The zero-order valence-corrected chi connectivity index (χ0v) is 7.92. The van der Waals surface area contributed by atoms with Crippen LogP contribution >= 0.6 is 0 Å². The van der Waals surface area contributed by atoms with Crippen molar-refractivity contribution in [2.24, 2.45) is 5.92 Å². The quantitative estimate of drug-likeness (QED) is 0.564. The molecule has 2 heteroatoms. The second-order valence-corrected chi connectivity index (χ2v) is 3.60. The molecule has 1 rings (SSSR count). The lowest BCUT2D eigenvalue weighted by Gasteiger charge is -2.18.